The van der Waals surface area contributed by atoms with E-state index in [0.29, 0.717) is 33.8 Å². The van der Waals surface area contributed by atoms with E-state index in [1.54, 1.807) is 25.4 Å². The summed E-state index contributed by atoms with van der Waals surface area (Å²) in [6.07, 6.45) is 1.64. The molecular weight excluding hydrogens is 384 g/mol. The topological polar surface area (TPSA) is 60.5 Å². The number of anilines is 1. The summed E-state index contributed by atoms with van der Waals surface area (Å²) in [5, 5.41) is 3.83. The molecule has 1 aromatic heterocycles. The van der Waals surface area contributed by atoms with Crippen LogP contribution in [-0.4, -0.2) is 24.6 Å². The van der Waals surface area contributed by atoms with Crippen molar-refractivity contribution in [1.82, 2.24) is 4.98 Å². The number of amides is 1. The lowest BCUT2D eigenvalue weighted by atomic mass is 10.1. The molecule has 3 aromatic rings. The fourth-order valence-electron chi connectivity index (χ4n) is 2.48. The van der Waals surface area contributed by atoms with Gasteiger partial charge >= 0.3 is 0 Å². The summed E-state index contributed by atoms with van der Waals surface area (Å²) < 4.78 is 11.5. The largest absolute Gasteiger partial charge is 0.493 e. The van der Waals surface area contributed by atoms with Gasteiger partial charge in [0.25, 0.3) is 5.91 Å². The van der Waals surface area contributed by atoms with Crippen LogP contribution in [0.1, 0.15) is 17.3 Å². The number of halogens is 1. The second kappa shape index (κ2) is 7.53. The maximum Gasteiger partial charge on any atom is 0.255 e. The number of carbonyl (C=O) groups is 1. The quantitative estimate of drug-likeness (QED) is 0.676. The van der Waals surface area contributed by atoms with Crippen LogP contribution in [0.5, 0.6) is 11.5 Å². The third kappa shape index (κ3) is 3.74. The van der Waals surface area contributed by atoms with Gasteiger partial charge in [-0.25, -0.2) is 0 Å². The van der Waals surface area contributed by atoms with Crippen LogP contribution in [0.2, 0.25) is 0 Å². The highest BCUT2D eigenvalue weighted by Gasteiger charge is 2.15. The number of aromatic nitrogens is 1. The Kier molecular flexibility index (Phi) is 5.19. The van der Waals surface area contributed by atoms with Crippen molar-refractivity contribution in [2.45, 2.75) is 6.92 Å². The number of nitrogens with zero attached hydrogens (tertiary/aromatic N) is 1. The van der Waals surface area contributed by atoms with E-state index in [4.69, 9.17) is 9.47 Å². The monoisotopic (exact) mass is 400 g/mol. The number of fused-ring (bicyclic) bond motifs is 1. The summed E-state index contributed by atoms with van der Waals surface area (Å²) >= 11 is 3.43. The Morgan fingerprint density at radius 2 is 2.04 bits per heavy atom. The molecule has 0 fully saturated rings. The molecule has 6 heteroatoms. The standard InChI is InChI=1S/C19H17BrN2O3/c1-3-25-18-15(20)9-13(10-17(18)24-2)19(23)22-14-8-12-6-4-5-7-16(12)21-11-14/h4-11H,3H2,1-2H3,(H,22,23). The van der Waals surface area contributed by atoms with E-state index in [1.807, 2.05) is 37.3 Å². The maximum atomic E-state index is 12.6. The van der Waals surface area contributed by atoms with Gasteiger partial charge in [-0.15, -0.1) is 0 Å². The van der Waals surface area contributed by atoms with Crippen molar-refractivity contribution in [3.63, 3.8) is 0 Å². The minimum absolute atomic E-state index is 0.251. The molecule has 5 nitrogen and oxygen atoms in total. The minimum atomic E-state index is -0.251. The third-order valence-electron chi connectivity index (χ3n) is 3.63. The molecule has 0 saturated carbocycles. The minimum Gasteiger partial charge on any atom is -0.493 e. The predicted octanol–water partition coefficient (Wildman–Crippen LogP) is 4.66. The Morgan fingerprint density at radius 3 is 2.80 bits per heavy atom. The Balaban J connectivity index is 1.88. The highest BCUT2D eigenvalue weighted by atomic mass is 79.9. The molecule has 25 heavy (non-hydrogen) atoms. The molecule has 1 amide bonds. The number of methoxy groups -OCH3 is 1. The Morgan fingerprint density at radius 1 is 1.24 bits per heavy atom. The van der Waals surface area contributed by atoms with Crippen molar-refractivity contribution in [1.29, 1.82) is 0 Å². The molecule has 0 spiro atoms. The second-order valence-corrected chi connectivity index (χ2v) is 6.15. The molecule has 0 atom stereocenters. The fraction of sp³-hybridized carbons (Fsp3) is 0.158. The van der Waals surface area contributed by atoms with Gasteiger partial charge in [0.1, 0.15) is 0 Å². The second-order valence-electron chi connectivity index (χ2n) is 5.29. The first kappa shape index (κ1) is 17.2. The average molecular weight is 401 g/mol. The first-order chi connectivity index (χ1) is 12.1. The molecule has 0 saturated heterocycles. The summed E-state index contributed by atoms with van der Waals surface area (Å²) in [6, 6.07) is 13.0. The van der Waals surface area contributed by atoms with Gasteiger partial charge in [0.15, 0.2) is 11.5 Å². The molecule has 0 aliphatic carbocycles. The third-order valence-corrected chi connectivity index (χ3v) is 4.22. The number of benzene rings is 2. The van der Waals surface area contributed by atoms with Crippen molar-refractivity contribution in [3.05, 3.63) is 58.7 Å². The van der Waals surface area contributed by atoms with Gasteiger partial charge in [-0.3, -0.25) is 9.78 Å². The number of pyridine rings is 1. The van der Waals surface area contributed by atoms with Crippen LogP contribution in [-0.2, 0) is 0 Å². The van der Waals surface area contributed by atoms with Gasteiger partial charge in [-0.2, -0.15) is 0 Å². The van der Waals surface area contributed by atoms with E-state index >= 15 is 0 Å². The van der Waals surface area contributed by atoms with Gasteiger partial charge in [0.2, 0.25) is 0 Å². The van der Waals surface area contributed by atoms with Gasteiger partial charge in [0.05, 0.1) is 35.6 Å². The summed E-state index contributed by atoms with van der Waals surface area (Å²) in [5.41, 5.74) is 1.97. The number of ether oxygens (including phenoxy) is 2. The van der Waals surface area contributed by atoms with Crippen molar-refractivity contribution in [2.75, 3.05) is 19.0 Å². The van der Waals surface area contributed by atoms with Crippen LogP contribution in [0.4, 0.5) is 5.69 Å². The van der Waals surface area contributed by atoms with E-state index in [2.05, 4.69) is 26.2 Å². The van der Waals surface area contributed by atoms with Crippen molar-refractivity contribution < 1.29 is 14.3 Å². The summed E-state index contributed by atoms with van der Waals surface area (Å²) in [5.74, 6) is 0.825. The van der Waals surface area contributed by atoms with Crippen LogP contribution in [0.25, 0.3) is 10.9 Å². The molecular formula is C19H17BrN2O3. The molecule has 1 N–H and O–H groups in total. The lowest BCUT2D eigenvalue weighted by Crippen LogP contribution is -2.12. The lowest BCUT2D eigenvalue weighted by Gasteiger charge is -2.13. The molecule has 0 aliphatic heterocycles. The van der Waals surface area contributed by atoms with Gasteiger partial charge in [-0.05, 0) is 47.1 Å². The van der Waals surface area contributed by atoms with Gasteiger partial charge in [0, 0.05) is 10.9 Å². The zero-order valence-corrected chi connectivity index (χ0v) is 15.5. The number of carbonyl (C=O) groups excluding carboxylic acids is 1. The zero-order chi connectivity index (χ0) is 17.8. The summed E-state index contributed by atoms with van der Waals surface area (Å²) in [6.45, 7) is 2.39. The highest BCUT2D eigenvalue weighted by Crippen LogP contribution is 2.36. The predicted molar refractivity (Wildman–Crippen MR) is 102 cm³/mol. The normalized spacial score (nSPS) is 10.5. The Bertz CT molecular complexity index is 928. The molecule has 0 aliphatic rings. The number of nitrogens with one attached hydrogen (secondary N) is 1. The van der Waals surface area contributed by atoms with E-state index in [9.17, 15) is 4.79 Å². The van der Waals surface area contributed by atoms with E-state index in [-0.39, 0.29) is 5.91 Å². The fourth-order valence-corrected chi connectivity index (χ4v) is 3.03. The van der Waals surface area contributed by atoms with Gasteiger partial charge < -0.3 is 14.8 Å². The lowest BCUT2D eigenvalue weighted by molar-refractivity contribution is 0.102. The SMILES string of the molecule is CCOc1c(Br)cc(C(=O)Nc2cnc3ccccc3c2)cc1OC. The number of para-hydroxylation sites is 1. The Hall–Kier alpha value is -2.60. The number of hydrogen-bond acceptors (Lipinski definition) is 4. The molecule has 128 valence electrons. The van der Waals surface area contributed by atoms with Gasteiger partial charge in [-0.1, -0.05) is 18.2 Å². The van der Waals surface area contributed by atoms with Crippen LogP contribution in [0, 0.1) is 0 Å². The van der Waals surface area contributed by atoms with Crippen LogP contribution >= 0.6 is 15.9 Å². The van der Waals surface area contributed by atoms with E-state index in [0.717, 1.165) is 10.9 Å². The average Bonchev–Trinajstić information content (AvgIpc) is 2.63. The van der Waals surface area contributed by atoms with Crippen molar-refractivity contribution >= 4 is 38.4 Å². The summed E-state index contributed by atoms with van der Waals surface area (Å²) in [4.78, 5) is 16.9. The van der Waals surface area contributed by atoms with Crippen LogP contribution < -0.4 is 14.8 Å². The van der Waals surface area contributed by atoms with E-state index in [1.165, 1.54) is 0 Å². The van der Waals surface area contributed by atoms with Crippen molar-refractivity contribution in [3.8, 4) is 11.5 Å². The van der Waals surface area contributed by atoms with Crippen LogP contribution in [0.3, 0.4) is 0 Å². The van der Waals surface area contributed by atoms with Crippen molar-refractivity contribution in [2.24, 2.45) is 0 Å². The zero-order valence-electron chi connectivity index (χ0n) is 13.9. The number of hydrogen-bond donors (Lipinski definition) is 1. The maximum absolute atomic E-state index is 12.6. The molecule has 0 unspecified atom stereocenters. The molecule has 1 heterocycles. The number of rotatable bonds is 5. The smallest absolute Gasteiger partial charge is 0.255 e. The van der Waals surface area contributed by atoms with E-state index < -0.39 is 0 Å². The molecule has 2 aromatic carbocycles. The molecule has 0 radical (unpaired) electrons. The molecule has 3 rings (SSSR count). The Labute approximate surface area is 154 Å². The summed E-state index contributed by atoms with van der Waals surface area (Å²) in [7, 11) is 1.54. The highest BCUT2D eigenvalue weighted by molar-refractivity contribution is 9.10. The van der Waals surface area contributed by atoms with Crippen LogP contribution in [0.15, 0.2) is 53.1 Å². The molecule has 0 bridgehead atoms. The first-order valence-electron chi connectivity index (χ1n) is 7.79. The first-order valence-corrected chi connectivity index (χ1v) is 8.58.